The summed E-state index contributed by atoms with van der Waals surface area (Å²) in [5, 5.41) is 6.05. The second kappa shape index (κ2) is 7.38. The summed E-state index contributed by atoms with van der Waals surface area (Å²) >= 11 is 3.39. The fraction of sp³-hybridized carbons (Fsp3) is 0.462. The summed E-state index contributed by atoms with van der Waals surface area (Å²) in [6.07, 6.45) is 0.446. The topological polar surface area (TPSA) is 50.4 Å². The lowest BCUT2D eigenvalue weighted by atomic mass is 10.3. The molecular weight excluding hydrogens is 296 g/mol. The van der Waals surface area contributed by atoms with E-state index >= 15 is 0 Å². The van der Waals surface area contributed by atoms with Gasteiger partial charge in [0.2, 0.25) is 5.91 Å². The quantitative estimate of drug-likeness (QED) is 0.849. The van der Waals surface area contributed by atoms with Crippen molar-refractivity contribution >= 4 is 27.5 Å². The van der Waals surface area contributed by atoms with E-state index in [-0.39, 0.29) is 5.91 Å². The number of amides is 1. The molecule has 0 bridgehead atoms. The first-order chi connectivity index (χ1) is 8.52. The second-order valence-corrected chi connectivity index (χ2v) is 5.11. The van der Waals surface area contributed by atoms with Crippen LogP contribution in [-0.4, -0.2) is 25.6 Å². The van der Waals surface area contributed by atoms with Crippen molar-refractivity contribution in [3.63, 3.8) is 0 Å². The van der Waals surface area contributed by atoms with Gasteiger partial charge in [-0.3, -0.25) is 4.79 Å². The molecule has 1 amide bonds. The Kier molecular flexibility index (Phi) is 6.15. The van der Waals surface area contributed by atoms with Crippen LogP contribution in [0.25, 0.3) is 0 Å². The van der Waals surface area contributed by atoms with E-state index in [0.29, 0.717) is 24.8 Å². The van der Waals surface area contributed by atoms with Crippen LogP contribution in [0.3, 0.4) is 0 Å². The van der Waals surface area contributed by atoms with Gasteiger partial charge in [-0.1, -0.05) is 13.8 Å². The number of carbonyl (C=O) groups is 1. The highest BCUT2D eigenvalue weighted by molar-refractivity contribution is 9.10. The molecule has 0 aliphatic rings. The Morgan fingerprint density at radius 1 is 1.44 bits per heavy atom. The molecule has 0 heterocycles. The first-order valence-corrected chi connectivity index (χ1v) is 6.69. The lowest BCUT2D eigenvalue weighted by Crippen LogP contribution is -2.27. The van der Waals surface area contributed by atoms with Crippen LogP contribution in [0.5, 0.6) is 5.75 Å². The van der Waals surface area contributed by atoms with Crippen molar-refractivity contribution < 1.29 is 9.53 Å². The van der Waals surface area contributed by atoms with Gasteiger partial charge in [0.05, 0.1) is 12.8 Å². The number of ether oxygens (including phenoxy) is 1. The smallest absolute Gasteiger partial charge is 0.225 e. The number of carbonyl (C=O) groups excluding carboxylic acids is 1. The molecule has 100 valence electrons. The summed E-state index contributed by atoms with van der Waals surface area (Å²) in [7, 11) is 1.60. The normalized spacial score (nSPS) is 10.5. The van der Waals surface area contributed by atoms with Gasteiger partial charge >= 0.3 is 0 Å². The maximum atomic E-state index is 11.7. The van der Waals surface area contributed by atoms with Gasteiger partial charge in [0, 0.05) is 29.5 Å². The van der Waals surface area contributed by atoms with Crippen LogP contribution < -0.4 is 15.4 Å². The van der Waals surface area contributed by atoms with E-state index in [4.69, 9.17) is 4.74 Å². The van der Waals surface area contributed by atoms with Crippen molar-refractivity contribution in [2.45, 2.75) is 26.3 Å². The average molecular weight is 315 g/mol. The van der Waals surface area contributed by atoms with Gasteiger partial charge in [0.25, 0.3) is 0 Å². The highest BCUT2D eigenvalue weighted by atomic mass is 79.9. The van der Waals surface area contributed by atoms with Gasteiger partial charge in [-0.2, -0.15) is 0 Å². The van der Waals surface area contributed by atoms with Crippen molar-refractivity contribution in [3.05, 3.63) is 22.7 Å². The number of anilines is 1. The Labute approximate surface area is 116 Å². The Morgan fingerprint density at radius 2 is 2.17 bits per heavy atom. The Balaban J connectivity index is 2.53. The van der Waals surface area contributed by atoms with Gasteiger partial charge < -0.3 is 15.4 Å². The lowest BCUT2D eigenvalue weighted by molar-refractivity contribution is -0.116. The lowest BCUT2D eigenvalue weighted by Gasteiger charge is -2.10. The first kappa shape index (κ1) is 15.0. The number of rotatable bonds is 6. The molecule has 0 unspecified atom stereocenters. The van der Waals surface area contributed by atoms with Crippen LogP contribution in [0.2, 0.25) is 0 Å². The molecule has 2 N–H and O–H groups in total. The molecule has 1 aromatic rings. The van der Waals surface area contributed by atoms with Crippen molar-refractivity contribution in [2.24, 2.45) is 0 Å². The maximum absolute atomic E-state index is 11.7. The molecule has 0 atom stereocenters. The molecule has 1 rings (SSSR count). The summed E-state index contributed by atoms with van der Waals surface area (Å²) in [6, 6.07) is 5.86. The van der Waals surface area contributed by atoms with Gasteiger partial charge in [0.15, 0.2) is 0 Å². The zero-order valence-electron chi connectivity index (χ0n) is 10.9. The van der Waals surface area contributed by atoms with E-state index in [9.17, 15) is 4.79 Å². The molecule has 18 heavy (non-hydrogen) atoms. The van der Waals surface area contributed by atoms with Crippen molar-refractivity contribution in [1.82, 2.24) is 5.32 Å². The molecule has 0 aromatic heterocycles. The third-order valence-electron chi connectivity index (χ3n) is 2.35. The molecular formula is C13H19BrN2O2. The number of hydrogen-bond donors (Lipinski definition) is 2. The Bertz CT molecular complexity index is 408. The van der Waals surface area contributed by atoms with E-state index in [1.807, 2.05) is 12.1 Å². The summed E-state index contributed by atoms with van der Waals surface area (Å²) in [5.74, 6) is 0.700. The van der Waals surface area contributed by atoms with Gasteiger partial charge in [-0.05, 0) is 28.1 Å². The van der Waals surface area contributed by atoms with Crippen LogP contribution in [0.1, 0.15) is 20.3 Å². The number of hydrogen-bond acceptors (Lipinski definition) is 3. The largest absolute Gasteiger partial charge is 0.497 e. The predicted molar refractivity (Wildman–Crippen MR) is 77.1 cm³/mol. The molecule has 0 aliphatic heterocycles. The molecule has 0 fully saturated rings. The molecule has 5 heteroatoms. The highest BCUT2D eigenvalue weighted by Crippen LogP contribution is 2.27. The molecule has 0 saturated carbocycles. The number of halogens is 1. The van der Waals surface area contributed by atoms with Crippen LogP contribution in [0, 0.1) is 0 Å². The van der Waals surface area contributed by atoms with Crippen LogP contribution in [0.15, 0.2) is 22.7 Å². The molecule has 0 radical (unpaired) electrons. The van der Waals surface area contributed by atoms with Crippen LogP contribution in [-0.2, 0) is 4.79 Å². The third-order valence-corrected chi connectivity index (χ3v) is 3.04. The fourth-order valence-electron chi connectivity index (χ4n) is 1.41. The summed E-state index contributed by atoms with van der Waals surface area (Å²) in [5.41, 5.74) is 0.726. The zero-order chi connectivity index (χ0) is 13.5. The van der Waals surface area contributed by atoms with Crippen LogP contribution >= 0.6 is 15.9 Å². The Morgan fingerprint density at radius 3 is 2.78 bits per heavy atom. The summed E-state index contributed by atoms with van der Waals surface area (Å²) < 4.78 is 5.96. The number of benzene rings is 1. The predicted octanol–water partition coefficient (Wildman–Crippen LogP) is 2.78. The van der Waals surface area contributed by atoms with E-state index in [0.717, 1.165) is 10.2 Å². The van der Waals surface area contributed by atoms with Crippen LogP contribution in [0.4, 0.5) is 5.69 Å². The van der Waals surface area contributed by atoms with E-state index in [2.05, 4.69) is 40.4 Å². The fourth-order valence-corrected chi connectivity index (χ4v) is 1.76. The molecule has 0 aliphatic carbocycles. The minimum absolute atomic E-state index is 0.0166. The van der Waals surface area contributed by atoms with Gasteiger partial charge in [-0.25, -0.2) is 0 Å². The van der Waals surface area contributed by atoms with Crippen molar-refractivity contribution in [2.75, 3.05) is 19.0 Å². The summed E-state index contributed by atoms with van der Waals surface area (Å²) in [6.45, 7) is 4.78. The average Bonchev–Trinajstić information content (AvgIpc) is 2.31. The minimum Gasteiger partial charge on any atom is -0.497 e. The third kappa shape index (κ3) is 5.06. The zero-order valence-corrected chi connectivity index (χ0v) is 12.5. The number of nitrogens with one attached hydrogen (secondary N) is 2. The summed E-state index contributed by atoms with van der Waals surface area (Å²) in [4.78, 5) is 11.7. The van der Waals surface area contributed by atoms with E-state index in [1.165, 1.54) is 0 Å². The molecule has 0 saturated heterocycles. The van der Waals surface area contributed by atoms with E-state index < -0.39 is 0 Å². The second-order valence-electron chi connectivity index (χ2n) is 4.25. The standard InChI is InChI=1S/C13H19BrN2O2/c1-9(2)15-7-6-13(17)16-12-8-10(18-3)4-5-11(12)14/h4-5,8-9,15H,6-7H2,1-3H3,(H,16,17). The van der Waals surface area contributed by atoms with Crippen molar-refractivity contribution in [1.29, 1.82) is 0 Å². The molecule has 4 nitrogen and oxygen atoms in total. The van der Waals surface area contributed by atoms with Gasteiger partial charge in [0.1, 0.15) is 5.75 Å². The number of methoxy groups -OCH3 is 1. The Hall–Kier alpha value is -1.07. The monoisotopic (exact) mass is 314 g/mol. The maximum Gasteiger partial charge on any atom is 0.225 e. The highest BCUT2D eigenvalue weighted by Gasteiger charge is 2.07. The minimum atomic E-state index is -0.0166. The van der Waals surface area contributed by atoms with Gasteiger partial charge in [-0.15, -0.1) is 0 Å². The molecule has 1 aromatic carbocycles. The van der Waals surface area contributed by atoms with Crippen molar-refractivity contribution in [3.8, 4) is 5.75 Å². The first-order valence-electron chi connectivity index (χ1n) is 5.89. The molecule has 0 spiro atoms. The van der Waals surface area contributed by atoms with E-state index in [1.54, 1.807) is 13.2 Å². The SMILES string of the molecule is COc1ccc(Br)c(NC(=O)CCNC(C)C)c1.